The Hall–Kier alpha value is -3.22. The number of methoxy groups -OCH3 is 2. The van der Waals surface area contributed by atoms with E-state index in [0.717, 1.165) is 0 Å². The molecule has 7 heteroatoms. The van der Waals surface area contributed by atoms with Crippen molar-refractivity contribution in [2.45, 2.75) is 12.8 Å². The monoisotopic (exact) mass is 359 g/mol. The molecule has 2 aromatic carbocycles. The number of anilines is 1. The van der Waals surface area contributed by atoms with E-state index in [-0.39, 0.29) is 12.3 Å². The van der Waals surface area contributed by atoms with Crippen LogP contribution >= 0.6 is 0 Å². The number of nitrogens with one attached hydrogen (secondary N) is 1. The largest absolute Gasteiger partial charge is 0.496 e. The standard InChI is InChI=1S/C19H21NO6/c1-24-15-5-3-6-16(25-2)18(15)19(23)20-13-8-10-14(11-9-13)26-12-4-7-17(21)22/h3,5-6,8-11H,4,7,12H2,1-2H3,(H,20,23)(H,21,22). The Balaban J connectivity index is 2.01. The van der Waals surface area contributed by atoms with Gasteiger partial charge < -0.3 is 24.6 Å². The highest BCUT2D eigenvalue weighted by Gasteiger charge is 2.18. The second-order valence-electron chi connectivity index (χ2n) is 5.36. The van der Waals surface area contributed by atoms with Crippen LogP contribution in [0.1, 0.15) is 23.2 Å². The van der Waals surface area contributed by atoms with E-state index in [0.29, 0.717) is 41.5 Å². The van der Waals surface area contributed by atoms with Gasteiger partial charge in [-0.3, -0.25) is 9.59 Å². The average molecular weight is 359 g/mol. The third-order valence-corrected chi connectivity index (χ3v) is 3.57. The second kappa shape index (κ2) is 9.31. The van der Waals surface area contributed by atoms with E-state index in [9.17, 15) is 9.59 Å². The average Bonchev–Trinajstić information content (AvgIpc) is 2.65. The minimum atomic E-state index is -0.849. The number of carboxylic acid groups (broad SMARTS) is 1. The van der Waals surface area contributed by atoms with E-state index in [1.807, 2.05) is 0 Å². The van der Waals surface area contributed by atoms with E-state index < -0.39 is 5.97 Å². The van der Waals surface area contributed by atoms with Crippen molar-refractivity contribution in [1.82, 2.24) is 0 Å². The first kappa shape index (κ1) is 19.1. The Morgan fingerprint density at radius 2 is 1.62 bits per heavy atom. The first-order chi connectivity index (χ1) is 12.5. The van der Waals surface area contributed by atoms with Crippen LogP contribution in [0.2, 0.25) is 0 Å². The van der Waals surface area contributed by atoms with Gasteiger partial charge in [0.2, 0.25) is 0 Å². The fourth-order valence-electron chi connectivity index (χ4n) is 2.32. The van der Waals surface area contributed by atoms with Gasteiger partial charge >= 0.3 is 5.97 Å². The number of aliphatic carboxylic acids is 1. The van der Waals surface area contributed by atoms with Crippen LogP contribution in [0, 0.1) is 0 Å². The van der Waals surface area contributed by atoms with Crippen molar-refractivity contribution in [3.05, 3.63) is 48.0 Å². The first-order valence-electron chi connectivity index (χ1n) is 8.02. The molecule has 26 heavy (non-hydrogen) atoms. The molecule has 2 aromatic rings. The predicted molar refractivity (Wildman–Crippen MR) is 96.3 cm³/mol. The van der Waals surface area contributed by atoms with Crippen LogP contribution in [0.15, 0.2) is 42.5 Å². The number of rotatable bonds is 9. The third-order valence-electron chi connectivity index (χ3n) is 3.57. The Morgan fingerprint density at radius 3 is 2.15 bits per heavy atom. The van der Waals surface area contributed by atoms with Crippen LogP contribution in [0.5, 0.6) is 17.2 Å². The van der Waals surface area contributed by atoms with E-state index in [2.05, 4.69) is 5.32 Å². The van der Waals surface area contributed by atoms with Crippen LogP contribution < -0.4 is 19.5 Å². The molecule has 2 rings (SSSR count). The minimum Gasteiger partial charge on any atom is -0.496 e. The number of carbonyl (C=O) groups excluding carboxylic acids is 1. The van der Waals surface area contributed by atoms with E-state index >= 15 is 0 Å². The van der Waals surface area contributed by atoms with Crippen LogP contribution in [0.25, 0.3) is 0 Å². The molecule has 0 aliphatic rings. The van der Waals surface area contributed by atoms with Gasteiger partial charge in [0.25, 0.3) is 5.91 Å². The lowest BCUT2D eigenvalue weighted by Gasteiger charge is -2.13. The maximum atomic E-state index is 12.6. The van der Waals surface area contributed by atoms with Gasteiger partial charge in [0.05, 0.1) is 20.8 Å². The molecule has 138 valence electrons. The summed E-state index contributed by atoms with van der Waals surface area (Å²) in [5.41, 5.74) is 0.896. The molecule has 0 radical (unpaired) electrons. The van der Waals surface area contributed by atoms with Gasteiger partial charge in [-0.1, -0.05) is 6.07 Å². The number of ether oxygens (including phenoxy) is 3. The minimum absolute atomic E-state index is 0.0644. The van der Waals surface area contributed by atoms with Crippen molar-refractivity contribution in [2.75, 3.05) is 26.1 Å². The number of carbonyl (C=O) groups is 2. The number of hydrogen-bond donors (Lipinski definition) is 2. The van der Waals surface area contributed by atoms with E-state index in [1.165, 1.54) is 14.2 Å². The third kappa shape index (κ3) is 5.14. The van der Waals surface area contributed by atoms with Crippen molar-refractivity contribution >= 4 is 17.6 Å². The molecular weight excluding hydrogens is 338 g/mol. The highest BCUT2D eigenvalue weighted by Crippen LogP contribution is 2.29. The zero-order chi connectivity index (χ0) is 18.9. The maximum absolute atomic E-state index is 12.6. The molecule has 0 unspecified atom stereocenters. The van der Waals surface area contributed by atoms with Gasteiger partial charge in [-0.15, -0.1) is 0 Å². The number of hydrogen-bond acceptors (Lipinski definition) is 5. The van der Waals surface area contributed by atoms with Crippen molar-refractivity contribution < 1.29 is 28.9 Å². The molecule has 0 aliphatic heterocycles. The van der Waals surface area contributed by atoms with Crippen molar-refractivity contribution in [3.63, 3.8) is 0 Å². The summed E-state index contributed by atoms with van der Waals surface area (Å²) in [4.78, 5) is 23.0. The maximum Gasteiger partial charge on any atom is 0.303 e. The Labute approximate surface area is 151 Å². The zero-order valence-corrected chi connectivity index (χ0v) is 14.7. The van der Waals surface area contributed by atoms with Crippen LogP contribution in [-0.4, -0.2) is 37.8 Å². The molecule has 1 amide bonds. The number of amides is 1. The Kier molecular flexibility index (Phi) is 6.84. The summed E-state index contributed by atoms with van der Waals surface area (Å²) < 4.78 is 15.9. The van der Waals surface area contributed by atoms with Crippen molar-refractivity contribution in [3.8, 4) is 17.2 Å². The van der Waals surface area contributed by atoms with Crippen molar-refractivity contribution in [1.29, 1.82) is 0 Å². The summed E-state index contributed by atoms with van der Waals surface area (Å²) in [6, 6.07) is 11.9. The molecular formula is C19H21NO6. The molecule has 0 fully saturated rings. The lowest BCUT2D eigenvalue weighted by Crippen LogP contribution is -2.14. The summed E-state index contributed by atoms with van der Waals surface area (Å²) in [5.74, 6) is 0.233. The summed E-state index contributed by atoms with van der Waals surface area (Å²) >= 11 is 0. The molecule has 0 aromatic heterocycles. The fraction of sp³-hybridized carbons (Fsp3) is 0.263. The van der Waals surface area contributed by atoms with E-state index in [1.54, 1.807) is 42.5 Å². The molecule has 7 nitrogen and oxygen atoms in total. The summed E-state index contributed by atoms with van der Waals surface area (Å²) in [6.45, 7) is 0.316. The van der Waals surface area contributed by atoms with Gasteiger partial charge in [-0.2, -0.15) is 0 Å². The van der Waals surface area contributed by atoms with Crippen LogP contribution in [0.4, 0.5) is 5.69 Å². The molecule has 0 bridgehead atoms. The Morgan fingerprint density at radius 1 is 1.00 bits per heavy atom. The quantitative estimate of drug-likeness (QED) is 0.668. The van der Waals surface area contributed by atoms with E-state index in [4.69, 9.17) is 19.3 Å². The van der Waals surface area contributed by atoms with Gasteiger partial charge in [-0.05, 0) is 42.8 Å². The highest BCUT2D eigenvalue weighted by atomic mass is 16.5. The molecule has 0 atom stereocenters. The lowest BCUT2D eigenvalue weighted by atomic mass is 10.1. The molecule has 0 aliphatic carbocycles. The molecule has 0 spiro atoms. The second-order valence-corrected chi connectivity index (χ2v) is 5.36. The van der Waals surface area contributed by atoms with Gasteiger partial charge in [0, 0.05) is 12.1 Å². The number of carboxylic acids is 1. The molecule has 0 saturated carbocycles. The normalized spacial score (nSPS) is 10.1. The van der Waals surface area contributed by atoms with Crippen LogP contribution in [-0.2, 0) is 4.79 Å². The summed E-state index contributed by atoms with van der Waals surface area (Å²) in [6.07, 6.45) is 0.496. The lowest BCUT2D eigenvalue weighted by molar-refractivity contribution is -0.137. The molecule has 2 N–H and O–H groups in total. The highest BCUT2D eigenvalue weighted by molar-refractivity contribution is 6.08. The van der Waals surface area contributed by atoms with Gasteiger partial charge in [0.1, 0.15) is 22.8 Å². The smallest absolute Gasteiger partial charge is 0.303 e. The number of benzene rings is 2. The van der Waals surface area contributed by atoms with Gasteiger partial charge in [0.15, 0.2) is 0 Å². The van der Waals surface area contributed by atoms with Gasteiger partial charge in [-0.25, -0.2) is 0 Å². The summed E-state index contributed by atoms with van der Waals surface area (Å²) in [5, 5.41) is 11.4. The first-order valence-corrected chi connectivity index (χ1v) is 8.02. The zero-order valence-electron chi connectivity index (χ0n) is 14.7. The van der Waals surface area contributed by atoms with Crippen molar-refractivity contribution in [2.24, 2.45) is 0 Å². The molecule has 0 heterocycles. The molecule has 0 saturated heterocycles. The fourth-order valence-corrected chi connectivity index (χ4v) is 2.32. The summed E-state index contributed by atoms with van der Waals surface area (Å²) in [7, 11) is 2.98. The topological polar surface area (TPSA) is 94.1 Å². The predicted octanol–water partition coefficient (Wildman–Crippen LogP) is 3.20. The SMILES string of the molecule is COc1cccc(OC)c1C(=O)Nc1ccc(OCCCC(=O)O)cc1. The Bertz CT molecular complexity index is 735. The van der Waals surface area contributed by atoms with Crippen LogP contribution in [0.3, 0.4) is 0 Å².